The first-order valence-corrected chi connectivity index (χ1v) is 6.12. The fourth-order valence-electron chi connectivity index (χ4n) is 1.91. The minimum absolute atomic E-state index is 0.0641. The van der Waals surface area contributed by atoms with Crippen LogP contribution in [0.25, 0.3) is 0 Å². The average Bonchev–Trinajstić information content (AvgIpc) is 2.83. The molecule has 1 aliphatic rings. The fraction of sp³-hybridized carbons (Fsp3) is 0.818. The minimum atomic E-state index is -1.63. The molecule has 1 unspecified atom stereocenters. The first kappa shape index (κ1) is 16.0. The maximum Gasteiger partial charge on any atom is 0.220 e. The molecule has 8 heteroatoms. The Balaban J connectivity index is 2.43. The number of hydrogen-bond donors (Lipinski definition) is 6. The van der Waals surface area contributed by atoms with Crippen molar-refractivity contribution in [1.29, 1.82) is 0 Å². The lowest BCUT2D eigenvalue weighted by Gasteiger charge is -2.27. The first-order chi connectivity index (χ1) is 8.99. The highest BCUT2D eigenvalue weighted by Crippen LogP contribution is 2.07. The molecule has 0 bridgehead atoms. The lowest BCUT2D eigenvalue weighted by atomic mass is 10.0. The molecule has 1 fully saturated rings. The maximum atomic E-state index is 11.0. The summed E-state index contributed by atoms with van der Waals surface area (Å²) in [5, 5.41) is 42.4. The molecular weight excluding hydrogens is 256 g/mol. The van der Waals surface area contributed by atoms with Crippen LogP contribution < -0.4 is 10.6 Å². The molecule has 8 nitrogen and oxygen atoms in total. The van der Waals surface area contributed by atoms with Gasteiger partial charge in [0.15, 0.2) is 0 Å². The average molecular weight is 276 g/mol. The second kappa shape index (κ2) is 7.51. The van der Waals surface area contributed by atoms with E-state index in [1.165, 1.54) is 0 Å². The van der Waals surface area contributed by atoms with Crippen LogP contribution in [0.4, 0.5) is 0 Å². The fourth-order valence-corrected chi connectivity index (χ4v) is 1.91. The van der Waals surface area contributed by atoms with Gasteiger partial charge in [-0.3, -0.25) is 4.79 Å². The molecule has 0 aliphatic carbocycles. The van der Waals surface area contributed by atoms with Crippen molar-refractivity contribution in [3.05, 3.63) is 0 Å². The lowest BCUT2D eigenvalue weighted by molar-refractivity contribution is -0.120. The first-order valence-electron chi connectivity index (χ1n) is 6.12. The van der Waals surface area contributed by atoms with Gasteiger partial charge in [0.05, 0.1) is 12.6 Å². The largest absolute Gasteiger partial charge is 0.394 e. The van der Waals surface area contributed by atoms with Crippen LogP contribution in [0.3, 0.4) is 0 Å². The van der Waals surface area contributed by atoms with Gasteiger partial charge in [-0.2, -0.15) is 0 Å². The van der Waals surface area contributed by atoms with Gasteiger partial charge >= 0.3 is 0 Å². The van der Waals surface area contributed by atoms with E-state index in [2.05, 4.69) is 10.6 Å². The highest BCUT2D eigenvalue weighted by molar-refractivity contribution is 5.78. The molecular formula is C11H20N2O6. The molecule has 0 aromatic heterocycles. The Kier molecular flexibility index (Phi) is 6.32. The third-order valence-electron chi connectivity index (χ3n) is 3.13. The summed E-state index contributed by atoms with van der Waals surface area (Å²) in [7, 11) is 0. The summed E-state index contributed by atoms with van der Waals surface area (Å²) < 4.78 is 0. The summed E-state index contributed by atoms with van der Waals surface area (Å²) in [6.07, 6.45) is -3.23. The number of aliphatic hydroxyl groups is 4. The van der Waals surface area contributed by atoms with Gasteiger partial charge in [0, 0.05) is 19.0 Å². The summed E-state index contributed by atoms with van der Waals surface area (Å²) >= 11 is 0. The topological polar surface area (TPSA) is 139 Å². The molecule has 1 amide bonds. The number of rotatable bonds is 8. The summed E-state index contributed by atoms with van der Waals surface area (Å²) in [6.45, 7) is -0.448. The van der Waals surface area contributed by atoms with Gasteiger partial charge in [0.25, 0.3) is 0 Å². The van der Waals surface area contributed by atoms with E-state index in [0.717, 1.165) is 0 Å². The quantitative estimate of drug-likeness (QED) is 0.253. The predicted octanol–water partition coefficient (Wildman–Crippen LogP) is -3.50. The highest BCUT2D eigenvalue weighted by Gasteiger charge is 2.31. The maximum absolute atomic E-state index is 11.0. The van der Waals surface area contributed by atoms with Gasteiger partial charge in [0.2, 0.25) is 5.91 Å². The van der Waals surface area contributed by atoms with Crippen molar-refractivity contribution in [2.45, 2.75) is 43.2 Å². The number of carbonyl (C=O) groups is 2. The second-order valence-corrected chi connectivity index (χ2v) is 4.60. The van der Waals surface area contributed by atoms with Crippen molar-refractivity contribution < 1.29 is 30.0 Å². The van der Waals surface area contributed by atoms with Gasteiger partial charge in [0.1, 0.15) is 24.6 Å². The van der Waals surface area contributed by atoms with Crippen molar-refractivity contribution in [3.8, 4) is 0 Å². The Morgan fingerprint density at radius 3 is 2.53 bits per heavy atom. The molecule has 0 aromatic carbocycles. The highest BCUT2D eigenvalue weighted by atomic mass is 16.4. The summed E-state index contributed by atoms with van der Waals surface area (Å²) in [4.78, 5) is 21.8. The Hall–Kier alpha value is -1.06. The smallest absolute Gasteiger partial charge is 0.220 e. The third kappa shape index (κ3) is 4.51. The molecule has 5 atom stereocenters. The van der Waals surface area contributed by atoms with Crippen LogP contribution in [0, 0.1) is 0 Å². The molecule has 1 rings (SSSR count). The monoisotopic (exact) mass is 276 g/mol. The minimum Gasteiger partial charge on any atom is -0.394 e. The van der Waals surface area contributed by atoms with Crippen molar-refractivity contribution in [1.82, 2.24) is 10.6 Å². The molecule has 1 heterocycles. The number of nitrogens with one attached hydrogen (secondary N) is 2. The van der Waals surface area contributed by atoms with Crippen molar-refractivity contribution >= 4 is 12.2 Å². The van der Waals surface area contributed by atoms with E-state index in [4.69, 9.17) is 5.11 Å². The molecule has 0 saturated carbocycles. The van der Waals surface area contributed by atoms with Crippen LogP contribution in [-0.4, -0.2) is 76.2 Å². The van der Waals surface area contributed by atoms with Crippen LogP contribution in [-0.2, 0) is 9.59 Å². The van der Waals surface area contributed by atoms with Gasteiger partial charge in [-0.1, -0.05) is 0 Å². The number of hydrogen-bond acceptors (Lipinski definition) is 7. The SMILES string of the molecule is O=C[C@H](NCC1CCC(=O)N1)[C@@H](O)[C@H](O)[C@H](O)CO. The van der Waals surface area contributed by atoms with E-state index in [-0.39, 0.29) is 18.5 Å². The number of carbonyl (C=O) groups excluding carboxylic acids is 2. The van der Waals surface area contributed by atoms with Crippen molar-refractivity contribution in [2.75, 3.05) is 13.2 Å². The van der Waals surface area contributed by atoms with Crippen LogP contribution in [0.2, 0.25) is 0 Å². The molecule has 1 aliphatic heterocycles. The third-order valence-corrected chi connectivity index (χ3v) is 3.13. The molecule has 0 aromatic rings. The number of amides is 1. The van der Waals surface area contributed by atoms with Crippen LogP contribution in [0.5, 0.6) is 0 Å². The normalized spacial score (nSPS) is 25.5. The Labute approximate surface area is 110 Å². The van der Waals surface area contributed by atoms with E-state index >= 15 is 0 Å². The molecule has 110 valence electrons. The zero-order valence-corrected chi connectivity index (χ0v) is 10.4. The lowest BCUT2D eigenvalue weighted by Crippen LogP contribution is -2.54. The van der Waals surface area contributed by atoms with E-state index in [1.54, 1.807) is 0 Å². The van der Waals surface area contributed by atoms with Crippen LogP contribution in [0.15, 0.2) is 0 Å². The van der Waals surface area contributed by atoms with E-state index in [1.807, 2.05) is 0 Å². The van der Waals surface area contributed by atoms with Crippen molar-refractivity contribution in [3.63, 3.8) is 0 Å². The standard InChI is InChI=1S/C11H20N2O6/c14-4-7(10(18)11(19)8(16)5-15)12-3-6-1-2-9(17)13-6/h4,6-8,10-12,15-16,18-19H,1-3,5H2,(H,13,17)/t6?,7-,8+,10+,11+/m0/s1. The molecule has 1 saturated heterocycles. The summed E-state index contributed by atoms with van der Waals surface area (Å²) in [6, 6.07) is -1.21. The van der Waals surface area contributed by atoms with Gasteiger partial charge in [-0.25, -0.2) is 0 Å². The predicted molar refractivity (Wildman–Crippen MR) is 64.1 cm³/mol. The summed E-state index contributed by atoms with van der Waals surface area (Å²) in [5.41, 5.74) is 0. The van der Waals surface area contributed by atoms with Crippen LogP contribution >= 0.6 is 0 Å². The van der Waals surface area contributed by atoms with Crippen LogP contribution in [0.1, 0.15) is 12.8 Å². The molecule has 0 radical (unpaired) electrons. The van der Waals surface area contributed by atoms with E-state index in [0.29, 0.717) is 19.1 Å². The van der Waals surface area contributed by atoms with Gasteiger partial charge < -0.3 is 35.9 Å². The molecule has 0 spiro atoms. The van der Waals surface area contributed by atoms with Gasteiger partial charge in [-0.05, 0) is 6.42 Å². The Morgan fingerprint density at radius 1 is 1.37 bits per heavy atom. The summed E-state index contributed by atoms with van der Waals surface area (Å²) in [5.74, 6) is -0.0641. The molecule has 6 N–H and O–H groups in total. The molecule has 19 heavy (non-hydrogen) atoms. The van der Waals surface area contributed by atoms with Crippen molar-refractivity contribution in [2.24, 2.45) is 0 Å². The van der Waals surface area contributed by atoms with Gasteiger partial charge in [-0.15, -0.1) is 0 Å². The number of aldehydes is 1. The zero-order valence-electron chi connectivity index (χ0n) is 10.4. The Bertz CT molecular complexity index is 314. The van der Waals surface area contributed by atoms with E-state index < -0.39 is 31.0 Å². The van der Waals surface area contributed by atoms with E-state index in [9.17, 15) is 24.9 Å². The Morgan fingerprint density at radius 2 is 2.05 bits per heavy atom. The number of aliphatic hydroxyl groups excluding tert-OH is 4. The zero-order chi connectivity index (χ0) is 14.4. The second-order valence-electron chi connectivity index (χ2n) is 4.60.